The van der Waals surface area contributed by atoms with Gasteiger partial charge >= 0.3 is 6.18 Å². The van der Waals surface area contributed by atoms with E-state index in [9.17, 15) is 22.8 Å². The second-order valence-electron chi connectivity index (χ2n) is 6.16. The van der Waals surface area contributed by atoms with Gasteiger partial charge in [0.1, 0.15) is 11.3 Å². The van der Waals surface area contributed by atoms with Crippen LogP contribution in [0, 0.1) is 11.8 Å². The van der Waals surface area contributed by atoms with E-state index in [0.29, 0.717) is 24.9 Å². The van der Waals surface area contributed by atoms with Crippen LogP contribution in [0.1, 0.15) is 28.9 Å². The number of hydrogen-bond acceptors (Lipinski definition) is 3. The zero-order valence-corrected chi connectivity index (χ0v) is 13.7. The van der Waals surface area contributed by atoms with E-state index in [1.807, 2.05) is 0 Å². The number of halogens is 4. The first-order valence-electron chi connectivity index (χ1n) is 7.67. The molecule has 0 bridgehead atoms. The Kier molecular flexibility index (Phi) is 5.59. The Labute approximate surface area is 143 Å². The van der Waals surface area contributed by atoms with Gasteiger partial charge in [0.25, 0.3) is 11.5 Å². The number of pyridine rings is 1. The lowest BCUT2D eigenvalue weighted by Gasteiger charge is -2.20. The average molecular weight is 366 g/mol. The minimum Gasteiger partial charge on any atom is -0.338 e. The summed E-state index contributed by atoms with van der Waals surface area (Å²) in [7, 11) is 0. The summed E-state index contributed by atoms with van der Waals surface area (Å²) in [4.78, 5) is 27.6. The van der Waals surface area contributed by atoms with Crippen molar-refractivity contribution in [2.24, 2.45) is 11.8 Å². The number of alkyl halides is 3. The number of carbonyl (C=O) groups excluding carboxylic acids is 1. The van der Waals surface area contributed by atoms with Gasteiger partial charge in [0, 0.05) is 13.1 Å². The van der Waals surface area contributed by atoms with Crippen LogP contribution in [0.3, 0.4) is 0 Å². The van der Waals surface area contributed by atoms with E-state index < -0.39 is 23.3 Å². The van der Waals surface area contributed by atoms with Crippen molar-refractivity contribution in [1.29, 1.82) is 0 Å². The Morgan fingerprint density at radius 2 is 1.71 bits per heavy atom. The SMILES string of the molecule is Cl.O=C(c1ccc(C(F)(F)F)[nH]c1=O)N1CC[C@@H]2CNC[C@@H]2CC1. The summed E-state index contributed by atoms with van der Waals surface area (Å²) < 4.78 is 37.7. The molecule has 0 spiro atoms. The number of H-pyrrole nitrogens is 1. The van der Waals surface area contributed by atoms with Gasteiger partial charge in [0.2, 0.25) is 0 Å². The highest BCUT2D eigenvalue weighted by molar-refractivity contribution is 5.93. The molecule has 2 aliphatic rings. The molecular formula is C15H19ClF3N3O2. The summed E-state index contributed by atoms with van der Waals surface area (Å²) in [5.74, 6) is 0.560. The molecule has 1 amide bonds. The first kappa shape index (κ1) is 18.8. The van der Waals surface area contributed by atoms with Crippen molar-refractivity contribution in [3.05, 3.63) is 33.7 Å². The number of nitrogens with one attached hydrogen (secondary N) is 2. The molecule has 2 saturated heterocycles. The van der Waals surface area contributed by atoms with Crippen LogP contribution in [-0.4, -0.2) is 42.0 Å². The number of carbonyl (C=O) groups is 1. The number of likely N-dealkylation sites (tertiary alicyclic amines) is 1. The Hall–Kier alpha value is -1.54. The summed E-state index contributed by atoms with van der Waals surface area (Å²) in [6.07, 6.45) is -2.93. The summed E-state index contributed by atoms with van der Waals surface area (Å²) in [6.45, 7) is 2.94. The normalized spacial score (nSPS) is 24.0. The largest absolute Gasteiger partial charge is 0.431 e. The van der Waals surface area contributed by atoms with Gasteiger partial charge in [-0.3, -0.25) is 9.59 Å². The lowest BCUT2D eigenvalue weighted by atomic mass is 9.92. The summed E-state index contributed by atoms with van der Waals surface area (Å²) in [5, 5.41) is 3.33. The third-order valence-electron chi connectivity index (χ3n) is 4.75. The number of fused-ring (bicyclic) bond motifs is 1. The van der Waals surface area contributed by atoms with Crippen molar-refractivity contribution in [2.75, 3.05) is 26.2 Å². The Balaban J connectivity index is 0.00000208. The van der Waals surface area contributed by atoms with Gasteiger partial charge in [-0.15, -0.1) is 12.4 Å². The van der Waals surface area contributed by atoms with E-state index >= 15 is 0 Å². The second-order valence-corrected chi connectivity index (χ2v) is 6.16. The number of hydrogen-bond donors (Lipinski definition) is 2. The molecule has 1 aromatic rings. The third-order valence-corrected chi connectivity index (χ3v) is 4.75. The van der Waals surface area contributed by atoms with Gasteiger partial charge in [-0.1, -0.05) is 0 Å². The van der Waals surface area contributed by atoms with E-state index in [1.54, 1.807) is 9.88 Å². The molecule has 1 aromatic heterocycles. The monoisotopic (exact) mass is 365 g/mol. The van der Waals surface area contributed by atoms with Crippen molar-refractivity contribution in [1.82, 2.24) is 15.2 Å². The highest BCUT2D eigenvalue weighted by Gasteiger charge is 2.34. The fourth-order valence-electron chi connectivity index (χ4n) is 3.40. The number of rotatable bonds is 1. The van der Waals surface area contributed by atoms with Crippen LogP contribution in [0.5, 0.6) is 0 Å². The topological polar surface area (TPSA) is 65.2 Å². The maximum absolute atomic E-state index is 12.6. The predicted octanol–water partition coefficient (Wildman–Crippen LogP) is 1.89. The number of amides is 1. The highest BCUT2D eigenvalue weighted by Crippen LogP contribution is 2.28. The molecule has 24 heavy (non-hydrogen) atoms. The Bertz CT molecular complexity index is 648. The maximum Gasteiger partial charge on any atom is 0.431 e. The Morgan fingerprint density at radius 3 is 2.21 bits per heavy atom. The lowest BCUT2D eigenvalue weighted by Crippen LogP contribution is -2.36. The molecule has 0 radical (unpaired) electrons. The van der Waals surface area contributed by atoms with E-state index in [2.05, 4.69) is 5.32 Å². The quantitative estimate of drug-likeness (QED) is 0.798. The molecule has 9 heteroatoms. The lowest BCUT2D eigenvalue weighted by molar-refractivity contribution is -0.141. The molecule has 2 aliphatic heterocycles. The summed E-state index contributed by atoms with van der Waals surface area (Å²) in [6, 6.07) is 1.71. The standard InChI is InChI=1S/C15H18F3N3O2.ClH/c16-15(17,18)12-2-1-11(13(22)20-12)14(23)21-5-3-9-7-19-8-10(9)4-6-21;/h1-2,9-10,19H,3-8H2,(H,20,22);1H/t9-,10+;. The van der Waals surface area contributed by atoms with Gasteiger partial charge in [-0.2, -0.15) is 13.2 Å². The fraction of sp³-hybridized carbons (Fsp3) is 0.600. The van der Waals surface area contributed by atoms with Gasteiger partial charge in [0.05, 0.1) is 0 Å². The van der Waals surface area contributed by atoms with Crippen molar-refractivity contribution in [3.63, 3.8) is 0 Å². The van der Waals surface area contributed by atoms with Crippen LogP contribution in [0.15, 0.2) is 16.9 Å². The average Bonchev–Trinajstić information content (AvgIpc) is 2.84. The predicted molar refractivity (Wildman–Crippen MR) is 84.3 cm³/mol. The molecule has 3 heterocycles. The number of nitrogens with zero attached hydrogens (tertiary/aromatic N) is 1. The van der Waals surface area contributed by atoms with Crippen molar-refractivity contribution < 1.29 is 18.0 Å². The van der Waals surface area contributed by atoms with Crippen LogP contribution in [0.25, 0.3) is 0 Å². The van der Waals surface area contributed by atoms with Crippen molar-refractivity contribution >= 4 is 18.3 Å². The van der Waals surface area contributed by atoms with E-state index in [1.165, 1.54) is 0 Å². The van der Waals surface area contributed by atoms with Crippen LogP contribution in [-0.2, 0) is 6.18 Å². The molecule has 5 nitrogen and oxygen atoms in total. The zero-order valence-electron chi connectivity index (χ0n) is 12.9. The molecule has 0 saturated carbocycles. The number of aromatic amines is 1. The van der Waals surface area contributed by atoms with Crippen molar-refractivity contribution in [3.8, 4) is 0 Å². The maximum atomic E-state index is 12.6. The first-order valence-corrected chi connectivity index (χ1v) is 7.67. The van der Waals surface area contributed by atoms with Crippen LogP contribution in [0.2, 0.25) is 0 Å². The van der Waals surface area contributed by atoms with Gasteiger partial charge < -0.3 is 15.2 Å². The molecule has 2 fully saturated rings. The molecule has 2 atom stereocenters. The van der Waals surface area contributed by atoms with Gasteiger partial charge in [-0.05, 0) is 49.9 Å². The molecule has 134 valence electrons. The smallest absolute Gasteiger partial charge is 0.338 e. The van der Waals surface area contributed by atoms with Crippen LogP contribution in [0.4, 0.5) is 13.2 Å². The molecular weight excluding hydrogens is 347 g/mol. The van der Waals surface area contributed by atoms with E-state index in [4.69, 9.17) is 0 Å². The third kappa shape index (κ3) is 3.75. The van der Waals surface area contributed by atoms with Crippen LogP contribution < -0.4 is 10.9 Å². The van der Waals surface area contributed by atoms with Gasteiger partial charge in [-0.25, -0.2) is 0 Å². The molecule has 0 aromatic carbocycles. The van der Waals surface area contributed by atoms with Crippen molar-refractivity contribution in [2.45, 2.75) is 19.0 Å². The zero-order chi connectivity index (χ0) is 16.6. The molecule has 2 N–H and O–H groups in total. The Morgan fingerprint density at radius 1 is 1.12 bits per heavy atom. The van der Waals surface area contributed by atoms with E-state index in [0.717, 1.165) is 38.1 Å². The molecule has 0 unspecified atom stereocenters. The summed E-state index contributed by atoms with van der Waals surface area (Å²) in [5.41, 5.74) is -2.37. The van der Waals surface area contributed by atoms with Crippen LogP contribution >= 0.6 is 12.4 Å². The van der Waals surface area contributed by atoms with Gasteiger partial charge in [0.15, 0.2) is 0 Å². The first-order chi connectivity index (χ1) is 10.9. The summed E-state index contributed by atoms with van der Waals surface area (Å²) >= 11 is 0. The highest BCUT2D eigenvalue weighted by atomic mass is 35.5. The minimum atomic E-state index is -4.63. The fourth-order valence-corrected chi connectivity index (χ4v) is 3.40. The number of aromatic nitrogens is 1. The second kappa shape index (κ2) is 7.14. The molecule has 0 aliphatic carbocycles. The minimum absolute atomic E-state index is 0. The molecule has 3 rings (SSSR count). The van der Waals surface area contributed by atoms with E-state index in [-0.39, 0.29) is 18.0 Å².